The summed E-state index contributed by atoms with van der Waals surface area (Å²) in [5.41, 5.74) is 0.733. The van der Waals surface area contributed by atoms with Gasteiger partial charge in [-0.2, -0.15) is 0 Å². The maximum Gasteiger partial charge on any atom is 0.342 e. The largest absolute Gasteiger partial charge is 0.402 e. The van der Waals surface area contributed by atoms with Gasteiger partial charge >= 0.3 is 11.9 Å². The Morgan fingerprint density at radius 2 is 1.11 bits per heavy atom. The monoisotopic (exact) mass is 248 g/mol. The number of rotatable bonds is 0. The number of ether oxygens (including phenoxy) is 2. The molecule has 1 aromatic heterocycles. The molecule has 0 aliphatic carbocycles. The Morgan fingerprint density at radius 3 is 1.44 bits per heavy atom. The second-order valence-corrected chi connectivity index (χ2v) is 3.56. The van der Waals surface area contributed by atoms with Crippen LogP contribution in [0.2, 0.25) is 0 Å². The average Bonchev–Trinajstić information content (AvgIpc) is 2.80. The van der Waals surface area contributed by atoms with Gasteiger partial charge in [0.15, 0.2) is 0 Å². The van der Waals surface area contributed by atoms with Crippen molar-refractivity contribution < 1.29 is 19.1 Å². The Bertz CT molecular complexity index is 616. The molecule has 1 aromatic rings. The molecule has 0 spiro atoms. The summed E-state index contributed by atoms with van der Waals surface area (Å²) in [6, 6.07) is 0. The van der Waals surface area contributed by atoms with Gasteiger partial charge in [-0.05, 0) is 13.8 Å². The summed E-state index contributed by atoms with van der Waals surface area (Å²) in [6.07, 6.45) is 0. The third-order valence-corrected chi connectivity index (χ3v) is 2.53. The Hall–Kier alpha value is -2.24. The van der Waals surface area contributed by atoms with E-state index < -0.39 is 11.9 Å². The minimum absolute atomic E-state index is 0.138. The van der Waals surface area contributed by atoms with Crippen LogP contribution in [0.15, 0.2) is 0 Å². The molecule has 0 unspecified atom stereocenters. The Morgan fingerprint density at radius 1 is 0.778 bits per heavy atom. The average molecular weight is 248 g/mol. The molecule has 18 heavy (non-hydrogen) atoms. The summed E-state index contributed by atoms with van der Waals surface area (Å²) in [7, 11) is 0. The highest BCUT2D eigenvalue weighted by molar-refractivity contribution is 6.13. The summed E-state index contributed by atoms with van der Waals surface area (Å²) in [6.45, 7) is 7.17. The van der Waals surface area contributed by atoms with Crippen LogP contribution in [0.1, 0.15) is 27.7 Å². The highest BCUT2D eigenvalue weighted by Crippen LogP contribution is 2.15. The standard InChI is InChI=1S/C10H6N2O4.C2H6/c1-3-5-7(15-9(3)13)12-6-4(2)10(14)16-8(6)11-5;1-2/h1-2H3;1-2H3. The summed E-state index contributed by atoms with van der Waals surface area (Å²) >= 11 is 0. The smallest absolute Gasteiger partial charge is 0.342 e. The molecule has 0 saturated heterocycles. The highest BCUT2D eigenvalue weighted by atomic mass is 16.6. The van der Waals surface area contributed by atoms with E-state index in [0.717, 1.165) is 0 Å². The van der Waals surface area contributed by atoms with Crippen molar-refractivity contribution in [2.24, 2.45) is 0 Å². The third kappa shape index (κ3) is 1.57. The molecule has 0 saturated carbocycles. The van der Waals surface area contributed by atoms with Crippen LogP contribution in [0.5, 0.6) is 11.8 Å². The molecule has 0 aromatic carbocycles. The van der Waals surface area contributed by atoms with Crippen molar-refractivity contribution in [2.45, 2.75) is 27.7 Å². The Balaban J connectivity index is 0.000000574. The molecule has 2 aliphatic rings. The number of hydrogen-bond acceptors (Lipinski definition) is 6. The summed E-state index contributed by atoms with van der Waals surface area (Å²) in [4.78, 5) is 30.6. The molecule has 3 heterocycles. The van der Waals surface area contributed by atoms with Gasteiger partial charge in [-0.1, -0.05) is 13.8 Å². The molecule has 0 fully saturated rings. The van der Waals surface area contributed by atoms with Crippen molar-refractivity contribution in [1.29, 1.82) is 0 Å². The second-order valence-electron chi connectivity index (χ2n) is 3.56. The number of fused-ring (bicyclic) bond motifs is 2. The van der Waals surface area contributed by atoms with Gasteiger partial charge in [0.05, 0.1) is 11.1 Å². The van der Waals surface area contributed by atoms with E-state index in [4.69, 9.17) is 9.47 Å². The van der Waals surface area contributed by atoms with E-state index in [-0.39, 0.29) is 11.8 Å². The maximum atomic E-state index is 11.3. The molecule has 6 heteroatoms. The Kier molecular flexibility index (Phi) is 2.86. The quantitative estimate of drug-likeness (QED) is 0.586. The first kappa shape index (κ1) is 12.2. The molecule has 94 valence electrons. The SMILES string of the molecule is CC.CC1=c2nc3c(nc2OC1=O)=C(C)C(=O)O3. The fraction of sp³-hybridized carbons (Fsp3) is 0.333. The van der Waals surface area contributed by atoms with Gasteiger partial charge in [-0.3, -0.25) is 0 Å². The molecule has 0 atom stereocenters. The first-order valence-corrected chi connectivity index (χ1v) is 5.62. The predicted molar refractivity (Wildman–Crippen MR) is 62.1 cm³/mol. The number of carbonyl (C=O) groups excluding carboxylic acids is 2. The van der Waals surface area contributed by atoms with E-state index >= 15 is 0 Å². The third-order valence-electron chi connectivity index (χ3n) is 2.53. The lowest BCUT2D eigenvalue weighted by atomic mass is 10.3. The minimum atomic E-state index is -0.470. The van der Waals surface area contributed by atoms with Gasteiger partial charge in [-0.25, -0.2) is 19.6 Å². The first-order valence-electron chi connectivity index (χ1n) is 5.62. The molecule has 0 radical (unpaired) electrons. The Labute approximate surface area is 103 Å². The number of hydrogen-bond donors (Lipinski definition) is 0. The normalized spacial score (nSPS) is 15.6. The van der Waals surface area contributed by atoms with Gasteiger partial charge in [0, 0.05) is 0 Å². The number of carbonyl (C=O) groups is 2. The van der Waals surface area contributed by atoms with Gasteiger partial charge in [0.25, 0.3) is 0 Å². The van der Waals surface area contributed by atoms with E-state index in [0.29, 0.717) is 21.8 Å². The second kappa shape index (κ2) is 4.21. The van der Waals surface area contributed by atoms with E-state index in [9.17, 15) is 9.59 Å². The van der Waals surface area contributed by atoms with Crippen LogP contribution in [0.25, 0.3) is 11.1 Å². The lowest BCUT2D eigenvalue weighted by Crippen LogP contribution is -2.19. The van der Waals surface area contributed by atoms with Crippen molar-refractivity contribution in [3.63, 3.8) is 0 Å². The fourth-order valence-electron chi connectivity index (χ4n) is 1.56. The number of aromatic nitrogens is 2. The number of nitrogens with zero attached hydrogens (tertiary/aromatic N) is 2. The molecule has 0 amide bonds. The summed E-state index contributed by atoms with van der Waals surface area (Å²) in [5.74, 6) is -0.664. The molecular weight excluding hydrogens is 236 g/mol. The van der Waals surface area contributed by atoms with Crippen LogP contribution in [0, 0.1) is 0 Å². The highest BCUT2D eigenvalue weighted by Gasteiger charge is 2.28. The van der Waals surface area contributed by atoms with Crippen LogP contribution in [-0.4, -0.2) is 21.9 Å². The molecule has 0 N–H and O–H groups in total. The van der Waals surface area contributed by atoms with Crippen LogP contribution in [-0.2, 0) is 9.59 Å². The van der Waals surface area contributed by atoms with Crippen molar-refractivity contribution in [3.8, 4) is 11.8 Å². The van der Waals surface area contributed by atoms with Crippen LogP contribution < -0.4 is 20.2 Å². The molecular formula is C12H12N2O4. The van der Waals surface area contributed by atoms with Gasteiger partial charge in [0.2, 0.25) is 11.8 Å². The van der Waals surface area contributed by atoms with E-state index in [1.54, 1.807) is 13.8 Å². The molecule has 6 nitrogen and oxygen atoms in total. The zero-order chi connectivity index (χ0) is 13.4. The van der Waals surface area contributed by atoms with Crippen molar-refractivity contribution in [2.75, 3.05) is 0 Å². The van der Waals surface area contributed by atoms with Gasteiger partial charge in [-0.15, -0.1) is 0 Å². The lowest BCUT2D eigenvalue weighted by molar-refractivity contribution is -0.128. The zero-order valence-electron chi connectivity index (χ0n) is 10.5. The first-order chi connectivity index (χ1) is 8.58. The molecule has 0 bridgehead atoms. The van der Waals surface area contributed by atoms with Crippen LogP contribution in [0.4, 0.5) is 0 Å². The van der Waals surface area contributed by atoms with E-state index in [1.165, 1.54) is 0 Å². The van der Waals surface area contributed by atoms with Gasteiger partial charge < -0.3 is 9.47 Å². The number of esters is 2. The van der Waals surface area contributed by atoms with Crippen molar-refractivity contribution >= 4 is 23.1 Å². The summed E-state index contributed by atoms with van der Waals surface area (Å²) < 4.78 is 9.80. The predicted octanol–water partition coefficient (Wildman–Crippen LogP) is -0.318. The maximum absolute atomic E-state index is 11.3. The van der Waals surface area contributed by atoms with E-state index in [1.807, 2.05) is 13.8 Å². The van der Waals surface area contributed by atoms with Crippen LogP contribution in [0.3, 0.4) is 0 Å². The summed E-state index contributed by atoms with van der Waals surface area (Å²) in [5, 5.41) is 0.678. The zero-order valence-corrected chi connectivity index (χ0v) is 10.5. The molecule has 3 rings (SSSR count). The van der Waals surface area contributed by atoms with Gasteiger partial charge in [0.1, 0.15) is 10.7 Å². The van der Waals surface area contributed by atoms with Crippen LogP contribution >= 0.6 is 0 Å². The molecule has 2 aliphatic heterocycles. The topological polar surface area (TPSA) is 78.4 Å². The fourth-order valence-corrected chi connectivity index (χ4v) is 1.56. The van der Waals surface area contributed by atoms with E-state index in [2.05, 4.69) is 9.97 Å². The van der Waals surface area contributed by atoms with Crippen molar-refractivity contribution in [1.82, 2.24) is 9.97 Å². The van der Waals surface area contributed by atoms with Crippen molar-refractivity contribution in [3.05, 3.63) is 10.7 Å². The lowest BCUT2D eigenvalue weighted by Gasteiger charge is -1.94. The minimum Gasteiger partial charge on any atom is -0.402 e.